The summed E-state index contributed by atoms with van der Waals surface area (Å²) in [5, 5.41) is 13.0. The molecular formula is C42H45ClF3N7O6S. The predicted molar refractivity (Wildman–Crippen MR) is 220 cm³/mol. The van der Waals surface area contributed by atoms with E-state index in [1.807, 2.05) is 25.7 Å². The van der Waals surface area contributed by atoms with E-state index in [9.17, 15) is 19.2 Å². The Balaban J connectivity index is 1.21. The quantitative estimate of drug-likeness (QED) is 0.205. The number of thiophene rings is 1. The first-order chi connectivity index (χ1) is 28.4. The minimum absolute atomic E-state index is 0.00687. The van der Waals surface area contributed by atoms with Gasteiger partial charge in [0.05, 0.1) is 39.6 Å². The normalized spacial score (nSPS) is 24.8. The van der Waals surface area contributed by atoms with Gasteiger partial charge in [0.2, 0.25) is 0 Å². The molecule has 2 bridgehead atoms. The molecule has 0 saturated carbocycles. The third-order valence-electron chi connectivity index (χ3n) is 12.0. The maximum absolute atomic E-state index is 17.7. The third-order valence-corrected chi connectivity index (χ3v) is 13.5. The van der Waals surface area contributed by atoms with Crippen LogP contribution in [0.1, 0.15) is 79.2 Å². The van der Waals surface area contributed by atoms with Crippen LogP contribution in [-0.4, -0.2) is 106 Å². The summed E-state index contributed by atoms with van der Waals surface area (Å²) in [6.07, 6.45) is 0.918. The molecule has 4 fully saturated rings. The van der Waals surface area contributed by atoms with E-state index in [1.54, 1.807) is 25.7 Å². The molecule has 318 valence electrons. The van der Waals surface area contributed by atoms with Gasteiger partial charge in [0.15, 0.2) is 11.6 Å². The van der Waals surface area contributed by atoms with Crippen molar-refractivity contribution in [3.05, 3.63) is 34.4 Å². The number of amides is 2. The van der Waals surface area contributed by atoms with Crippen molar-refractivity contribution in [1.29, 1.82) is 5.26 Å². The highest BCUT2D eigenvalue weighted by Gasteiger charge is 2.53. The Bertz CT molecular complexity index is 2500. The van der Waals surface area contributed by atoms with Crippen molar-refractivity contribution in [3.8, 4) is 29.0 Å². The number of hydrogen-bond acceptors (Lipinski definition) is 12. The van der Waals surface area contributed by atoms with Crippen LogP contribution in [0.25, 0.3) is 32.1 Å². The van der Waals surface area contributed by atoms with Crippen LogP contribution in [0.4, 0.5) is 33.6 Å². The number of nitrogens with one attached hydrogen (secondary N) is 1. The fraction of sp³-hybridized carbons (Fsp3) is 0.548. The van der Waals surface area contributed by atoms with Gasteiger partial charge in [-0.1, -0.05) is 11.6 Å². The minimum atomic E-state index is -1.02. The van der Waals surface area contributed by atoms with Crippen molar-refractivity contribution in [2.75, 3.05) is 43.1 Å². The number of alkyl halides is 1. The number of nitrogens with zero attached hydrogens (tertiary/aromatic N) is 6. The van der Waals surface area contributed by atoms with Gasteiger partial charge < -0.3 is 23.8 Å². The molecule has 60 heavy (non-hydrogen) atoms. The van der Waals surface area contributed by atoms with Gasteiger partial charge in [0.25, 0.3) is 0 Å². The van der Waals surface area contributed by atoms with E-state index < -0.39 is 58.3 Å². The molecule has 5 aliphatic rings. The summed E-state index contributed by atoms with van der Waals surface area (Å²) in [6, 6.07) is 3.34. The number of nitriles is 1. The molecule has 1 N–H and O–H groups in total. The maximum Gasteiger partial charge on any atom is 0.412 e. The average molecular weight is 868 g/mol. The Labute approximate surface area is 353 Å². The zero-order valence-corrected chi connectivity index (χ0v) is 35.7. The molecular weight excluding hydrogens is 823 g/mol. The van der Waals surface area contributed by atoms with Crippen LogP contribution in [-0.2, 0) is 9.47 Å². The Morgan fingerprint density at radius 2 is 1.83 bits per heavy atom. The van der Waals surface area contributed by atoms with Gasteiger partial charge >= 0.3 is 18.2 Å². The molecule has 4 saturated heterocycles. The molecule has 0 spiro atoms. The van der Waals surface area contributed by atoms with E-state index in [2.05, 4.69) is 21.3 Å². The lowest BCUT2D eigenvalue weighted by Crippen LogP contribution is -2.63. The second-order valence-electron chi connectivity index (χ2n) is 18.3. The van der Waals surface area contributed by atoms with Crippen LogP contribution in [0.15, 0.2) is 12.1 Å². The predicted octanol–water partition coefficient (Wildman–Crippen LogP) is 8.97. The number of aromatic nitrogens is 2. The monoisotopic (exact) mass is 867 g/mol. The number of anilines is 2. The van der Waals surface area contributed by atoms with Crippen molar-refractivity contribution < 1.29 is 41.7 Å². The Hall–Kier alpha value is -4.79. The lowest BCUT2D eigenvalue weighted by Gasteiger charge is -2.46. The molecule has 5 aliphatic heterocycles. The summed E-state index contributed by atoms with van der Waals surface area (Å²) in [5.74, 6) is -1.64. The van der Waals surface area contributed by atoms with Crippen LogP contribution in [0.5, 0.6) is 11.8 Å². The topological polar surface area (TPSA) is 142 Å². The largest absolute Gasteiger partial charge is 0.489 e. The van der Waals surface area contributed by atoms with E-state index in [0.717, 1.165) is 30.4 Å². The first-order valence-electron chi connectivity index (χ1n) is 20.2. The van der Waals surface area contributed by atoms with Gasteiger partial charge in [0.1, 0.15) is 58.8 Å². The SMILES string of the molecule is CC(C)(C)OC(=O)Nc1sc2ccc(F)c(-c3c(Cl)c4c5c(nc(OC[C@@]67CCCN6C[C@H](F)C7)nc5c3F)N3C[C@H]5CC[C@@H]([C@H]3CO4)N5C(=O)OC(C)(C)C)c2c1C#N. The highest BCUT2D eigenvalue weighted by atomic mass is 35.5. The molecule has 2 aromatic heterocycles. The standard InChI is InChI=1S/C42H45ClF3N7O6S/c1-40(2,3)58-38(54)50-36-22(15-47)27-26(60-36)11-9-23(45)28(27)29-31(43)34-30-33(32(29)46)48-37(57-19-42-12-7-13-51(42)16-20(44)14-42)49-35(30)52-17-21-8-10-24(25(52)18-56-34)53(21)39(55)59-41(4,5)6/h9,11,20-21,24-25H,7-8,10,12-14,16-19H2,1-6H3,(H,50,54)/t20-,21-,24+,25-,42+/m1/s1. The zero-order chi connectivity index (χ0) is 42.6. The van der Waals surface area contributed by atoms with Crippen molar-refractivity contribution in [3.63, 3.8) is 0 Å². The number of halogens is 4. The molecule has 5 atom stereocenters. The second-order valence-corrected chi connectivity index (χ2v) is 19.7. The van der Waals surface area contributed by atoms with E-state index in [1.165, 1.54) is 6.07 Å². The Morgan fingerprint density at radius 3 is 2.57 bits per heavy atom. The van der Waals surface area contributed by atoms with Gasteiger partial charge in [-0.3, -0.25) is 15.1 Å². The van der Waals surface area contributed by atoms with E-state index in [4.69, 9.17) is 35.5 Å². The fourth-order valence-electron chi connectivity index (χ4n) is 9.76. The van der Waals surface area contributed by atoms with Crippen molar-refractivity contribution in [1.82, 2.24) is 19.8 Å². The first kappa shape index (κ1) is 40.6. The van der Waals surface area contributed by atoms with Crippen molar-refractivity contribution in [2.24, 2.45) is 0 Å². The van der Waals surface area contributed by atoms with Crippen LogP contribution >= 0.6 is 22.9 Å². The van der Waals surface area contributed by atoms with Gasteiger partial charge in [0, 0.05) is 40.7 Å². The summed E-state index contributed by atoms with van der Waals surface area (Å²) >= 11 is 8.19. The highest BCUT2D eigenvalue weighted by Crippen LogP contribution is 2.53. The summed E-state index contributed by atoms with van der Waals surface area (Å²) < 4.78 is 73.5. The zero-order valence-electron chi connectivity index (χ0n) is 34.1. The molecule has 4 aromatic rings. The molecule has 2 aromatic carbocycles. The number of piperazine rings is 1. The van der Waals surface area contributed by atoms with Crippen LogP contribution < -0.4 is 19.7 Å². The minimum Gasteiger partial charge on any atom is -0.489 e. The van der Waals surface area contributed by atoms with Crippen LogP contribution in [0.3, 0.4) is 0 Å². The highest BCUT2D eigenvalue weighted by molar-refractivity contribution is 7.23. The van der Waals surface area contributed by atoms with Crippen LogP contribution in [0, 0.1) is 23.0 Å². The fourth-order valence-corrected chi connectivity index (χ4v) is 11.1. The van der Waals surface area contributed by atoms with Crippen LogP contribution in [0.2, 0.25) is 5.02 Å². The molecule has 0 unspecified atom stereocenters. The number of rotatable bonds is 5. The summed E-state index contributed by atoms with van der Waals surface area (Å²) in [5.41, 5.74) is -3.28. The Morgan fingerprint density at radius 1 is 1.07 bits per heavy atom. The number of carbonyl (C=O) groups excluding carboxylic acids is 2. The smallest absolute Gasteiger partial charge is 0.412 e. The van der Waals surface area contributed by atoms with Crippen molar-refractivity contribution >= 4 is 66.9 Å². The second kappa shape index (κ2) is 14.4. The average Bonchev–Trinajstić information content (AvgIpc) is 3.86. The molecule has 9 rings (SSSR count). The summed E-state index contributed by atoms with van der Waals surface area (Å²) in [6.45, 7) is 11.9. The first-order valence-corrected chi connectivity index (χ1v) is 21.4. The maximum atomic E-state index is 17.7. The molecule has 0 radical (unpaired) electrons. The van der Waals surface area contributed by atoms with Crippen molar-refractivity contribution in [2.45, 2.75) is 115 Å². The summed E-state index contributed by atoms with van der Waals surface area (Å²) in [7, 11) is 0. The van der Waals surface area contributed by atoms with Gasteiger partial charge in [-0.25, -0.2) is 22.8 Å². The molecule has 18 heteroatoms. The number of benzene rings is 2. The molecule has 7 heterocycles. The van der Waals surface area contributed by atoms with Gasteiger partial charge in [-0.15, -0.1) is 11.3 Å². The molecule has 0 aliphatic carbocycles. The molecule has 13 nitrogen and oxygen atoms in total. The lowest BCUT2D eigenvalue weighted by atomic mass is 9.95. The van der Waals surface area contributed by atoms with E-state index in [0.29, 0.717) is 37.1 Å². The number of hydrogen-bond donors (Lipinski definition) is 1. The number of fused-ring (bicyclic) bond motifs is 7. The Kier molecular flexibility index (Phi) is 9.75. The van der Waals surface area contributed by atoms with Gasteiger partial charge in [-0.2, -0.15) is 15.2 Å². The van der Waals surface area contributed by atoms with Gasteiger partial charge in [-0.05, 0) is 85.9 Å². The van der Waals surface area contributed by atoms with E-state index in [-0.39, 0.29) is 86.7 Å². The summed E-state index contributed by atoms with van der Waals surface area (Å²) in [4.78, 5) is 41.8. The molecule has 2 amide bonds. The number of carbonyl (C=O) groups is 2. The van der Waals surface area contributed by atoms with E-state index >= 15 is 8.78 Å². The number of ether oxygens (including phenoxy) is 4. The lowest BCUT2D eigenvalue weighted by molar-refractivity contribution is 0.00542. The third kappa shape index (κ3) is 6.78.